The van der Waals surface area contributed by atoms with Crippen molar-refractivity contribution in [1.29, 1.82) is 0 Å². The van der Waals surface area contributed by atoms with Crippen molar-refractivity contribution in [2.75, 3.05) is 4.90 Å². The number of benzene rings is 2. The van der Waals surface area contributed by atoms with Crippen molar-refractivity contribution < 1.29 is 19.1 Å². The molecule has 6 heteroatoms. The second kappa shape index (κ2) is 7.05. The smallest absolute Gasteiger partial charge is 0.294 e. The number of thiophene rings is 1. The number of aliphatic hydroxyl groups is 1. The number of hydrogen-bond donors (Lipinski definition) is 1. The normalized spacial score (nSPS) is 16.7. The molecule has 2 heterocycles. The number of aliphatic hydroxyl groups excluding tert-OH is 1. The fraction of sp³-hybridized carbons (Fsp3) is 0.0909. The van der Waals surface area contributed by atoms with Gasteiger partial charge in [0.15, 0.2) is 5.76 Å². The molecular formula is C22H16FNO3S. The summed E-state index contributed by atoms with van der Waals surface area (Å²) in [5.41, 5.74) is 2.03. The Morgan fingerprint density at radius 2 is 1.86 bits per heavy atom. The molecule has 140 valence electrons. The minimum Gasteiger partial charge on any atom is -0.503 e. The molecule has 3 aromatic rings. The molecular weight excluding hydrogens is 377 g/mol. The van der Waals surface area contributed by atoms with Crippen molar-refractivity contribution in [3.05, 3.63) is 99.2 Å². The van der Waals surface area contributed by atoms with E-state index < -0.39 is 29.3 Å². The summed E-state index contributed by atoms with van der Waals surface area (Å²) < 4.78 is 13.5. The van der Waals surface area contributed by atoms with Crippen LogP contribution in [0.2, 0.25) is 0 Å². The van der Waals surface area contributed by atoms with E-state index in [0.717, 1.165) is 5.56 Å². The lowest BCUT2D eigenvalue weighted by atomic mass is 9.95. The van der Waals surface area contributed by atoms with E-state index in [1.165, 1.54) is 40.5 Å². The summed E-state index contributed by atoms with van der Waals surface area (Å²) in [7, 11) is 0. The molecule has 0 bridgehead atoms. The first-order valence-corrected chi connectivity index (χ1v) is 9.52. The number of anilines is 1. The average molecular weight is 393 g/mol. The fourth-order valence-corrected chi connectivity index (χ4v) is 4.06. The molecule has 0 aliphatic carbocycles. The summed E-state index contributed by atoms with van der Waals surface area (Å²) in [6.07, 6.45) is 0. The predicted molar refractivity (Wildman–Crippen MR) is 106 cm³/mol. The Labute approximate surface area is 165 Å². The summed E-state index contributed by atoms with van der Waals surface area (Å²) in [5.74, 6) is -2.06. The summed E-state index contributed by atoms with van der Waals surface area (Å²) >= 11 is 1.24. The standard InChI is InChI=1S/C22H16FNO3S/c1-13-4-2-5-16(12-13)24-19(14-7-9-15(23)10-8-14)18(21(26)22(24)27)20(25)17-6-3-11-28-17/h2-12,19,26H,1H3. The molecule has 1 atom stereocenters. The second-order valence-electron chi connectivity index (χ2n) is 6.54. The number of carbonyl (C=O) groups excluding carboxylic acids is 2. The number of ketones is 1. The highest BCUT2D eigenvalue weighted by Gasteiger charge is 2.44. The van der Waals surface area contributed by atoms with Crippen LogP contribution < -0.4 is 4.90 Å². The summed E-state index contributed by atoms with van der Waals surface area (Å²) in [6, 6.07) is 15.4. The number of rotatable bonds is 4. The van der Waals surface area contributed by atoms with Gasteiger partial charge in [-0.1, -0.05) is 30.3 Å². The topological polar surface area (TPSA) is 57.6 Å². The van der Waals surface area contributed by atoms with Crippen LogP contribution in [0.25, 0.3) is 0 Å². The fourth-order valence-electron chi connectivity index (χ4n) is 3.38. The van der Waals surface area contributed by atoms with Crippen molar-refractivity contribution in [2.45, 2.75) is 13.0 Å². The van der Waals surface area contributed by atoms with Crippen LogP contribution in [0.15, 0.2) is 77.4 Å². The van der Waals surface area contributed by atoms with Gasteiger partial charge in [0.2, 0.25) is 5.78 Å². The summed E-state index contributed by atoms with van der Waals surface area (Å²) in [5, 5.41) is 12.4. The molecule has 1 aromatic heterocycles. The Hall–Kier alpha value is -3.25. The van der Waals surface area contributed by atoms with Crippen molar-refractivity contribution in [3.63, 3.8) is 0 Å². The zero-order valence-corrected chi connectivity index (χ0v) is 15.7. The Morgan fingerprint density at radius 1 is 1.11 bits per heavy atom. The third-order valence-electron chi connectivity index (χ3n) is 4.66. The van der Waals surface area contributed by atoms with Crippen molar-refractivity contribution in [1.82, 2.24) is 0 Å². The third-order valence-corrected chi connectivity index (χ3v) is 5.53. The first kappa shape index (κ1) is 18.1. The third kappa shape index (κ3) is 3.01. The highest BCUT2D eigenvalue weighted by Crippen LogP contribution is 2.42. The Bertz CT molecular complexity index is 1090. The van der Waals surface area contributed by atoms with Gasteiger partial charge in [-0.25, -0.2) is 4.39 Å². The zero-order chi connectivity index (χ0) is 19.8. The maximum absolute atomic E-state index is 13.5. The van der Waals surface area contributed by atoms with Gasteiger partial charge in [-0.05, 0) is 53.8 Å². The van der Waals surface area contributed by atoms with E-state index in [1.54, 1.807) is 35.7 Å². The van der Waals surface area contributed by atoms with Gasteiger partial charge < -0.3 is 5.11 Å². The SMILES string of the molecule is Cc1cccc(N2C(=O)C(O)=C(C(=O)c3cccs3)C2c2ccc(F)cc2)c1. The number of amides is 1. The highest BCUT2D eigenvalue weighted by atomic mass is 32.1. The van der Waals surface area contributed by atoms with E-state index in [9.17, 15) is 19.1 Å². The minimum atomic E-state index is -0.843. The lowest BCUT2D eigenvalue weighted by molar-refractivity contribution is -0.117. The number of hydrogen-bond acceptors (Lipinski definition) is 4. The van der Waals surface area contributed by atoms with E-state index >= 15 is 0 Å². The molecule has 4 rings (SSSR count). The number of carbonyl (C=O) groups is 2. The number of Topliss-reactive ketones (excluding diaryl/α,β-unsaturated/α-hetero) is 1. The van der Waals surface area contributed by atoms with Crippen molar-refractivity contribution in [2.24, 2.45) is 0 Å². The monoisotopic (exact) mass is 393 g/mol. The van der Waals surface area contributed by atoms with Gasteiger partial charge in [0.25, 0.3) is 5.91 Å². The van der Waals surface area contributed by atoms with Gasteiger partial charge in [-0.3, -0.25) is 14.5 Å². The van der Waals surface area contributed by atoms with Crippen LogP contribution in [-0.4, -0.2) is 16.8 Å². The lowest BCUT2D eigenvalue weighted by Gasteiger charge is -2.27. The molecule has 0 saturated carbocycles. The maximum atomic E-state index is 13.5. The lowest BCUT2D eigenvalue weighted by Crippen LogP contribution is -2.31. The molecule has 4 nitrogen and oxygen atoms in total. The first-order chi connectivity index (χ1) is 13.5. The molecule has 0 radical (unpaired) electrons. The van der Waals surface area contributed by atoms with Crippen LogP contribution in [0.4, 0.5) is 10.1 Å². The summed E-state index contributed by atoms with van der Waals surface area (Å²) in [6.45, 7) is 1.89. The van der Waals surface area contributed by atoms with Gasteiger partial charge in [-0.2, -0.15) is 0 Å². The average Bonchev–Trinajstić information content (AvgIpc) is 3.30. The summed E-state index contributed by atoms with van der Waals surface area (Å²) in [4.78, 5) is 27.9. The Balaban J connectivity index is 1.89. The molecule has 0 spiro atoms. The first-order valence-electron chi connectivity index (χ1n) is 8.64. The van der Waals surface area contributed by atoms with Gasteiger partial charge in [-0.15, -0.1) is 11.3 Å². The zero-order valence-electron chi connectivity index (χ0n) is 14.9. The van der Waals surface area contributed by atoms with Gasteiger partial charge in [0.1, 0.15) is 5.82 Å². The van der Waals surface area contributed by atoms with Gasteiger partial charge in [0, 0.05) is 5.69 Å². The molecule has 2 aromatic carbocycles. The van der Waals surface area contributed by atoms with Crippen molar-refractivity contribution in [3.8, 4) is 0 Å². The molecule has 1 amide bonds. The molecule has 28 heavy (non-hydrogen) atoms. The predicted octanol–water partition coefficient (Wildman–Crippen LogP) is 4.98. The number of nitrogens with zero attached hydrogens (tertiary/aromatic N) is 1. The molecule has 1 aliphatic heterocycles. The van der Waals surface area contributed by atoms with Crippen LogP contribution in [0.5, 0.6) is 0 Å². The van der Waals surface area contributed by atoms with Crippen LogP contribution in [0, 0.1) is 12.7 Å². The van der Waals surface area contributed by atoms with Crippen LogP contribution >= 0.6 is 11.3 Å². The van der Waals surface area contributed by atoms with Crippen LogP contribution in [0.1, 0.15) is 26.8 Å². The molecule has 1 unspecified atom stereocenters. The second-order valence-corrected chi connectivity index (χ2v) is 7.48. The van der Waals surface area contributed by atoms with Crippen LogP contribution in [-0.2, 0) is 4.79 Å². The maximum Gasteiger partial charge on any atom is 0.294 e. The number of halogens is 1. The van der Waals surface area contributed by atoms with E-state index in [0.29, 0.717) is 16.1 Å². The van der Waals surface area contributed by atoms with E-state index in [4.69, 9.17) is 0 Å². The Kier molecular flexibility index (Phi) is 4.57. The van der Waals surface area contributed by atoms with Gasteiger partial charge in [0.05, 0.1) is 16.5 Å². The van der Waals surface area contributed by atoms with Gasteiger partial charge >= 0.3 is 0 Å². The van der Waals surface area contributed by atoms with E-state index in [-0.39, 0.29) is 5.57 Å². The number of aryl methyl sites for hydroxylation is 1. The largest absolute Gasteiger partial charge is 0.503 e. The van der Waals surface area contributed by atoms with Crippen molar-refractivity contribution >= 4 is 28.7 Å². The Morgan fingerprint density at radius 3 is 2.50 bits per heavy atom. The van der Waals surface area contributed by atoms with Crippen LogP contribution in [0.3, 0.4) is 0 Å². The minimum absolute atomic E-state index is 0.000522. The molecule has 0 fully saturated rings. The quantitative estimate of drug-likeness (QED) is 0.636. The van der Waals surface area contributed by atoms with E-state index in [2.05, 4.69) is 0 Å². The molecule has 1 aliphatic rings. The van der Waals surface area contributed by atoms with E-state index in [1.807, 2.05) is 13.0 Å². The molecule has 1 N–H and O–H groups in total. The molecule has 0 saturated heterocycles. The highest BCUT2D eigenvalue weighted by molar-refractivity contribution is 7.12.